The molecule has 4 nitrogen and oxygen atoms in total. The van der Waals surface area contributed by atoms with Crippen LogP contribution in [0.2, 0.25) is 0 Å². The second-order valence-electron chi connectivity index (χ2n) is 5.24. The zero-order chi connectivity index (χ0) is 14.0. The van der Waals surface area contributed by atoms with Gasteiger partial charge in [-0.1, -0.05) is 0 Å². The van der Waals surface area contributed by atoms with Gasteiger partial charge in [-0.05, 0) is 25.7 Å². The summed E-state index contributed by atoms with van der Waals surface area (Å²) in [6, 6.07) is -1.02. The molecule has 1 amide bonds. The Morgan fingerprint density at radius 1 is 1.47 bits per heavy atom. The van der Waals surface area contributed by atoms with Gasteiger partial charge in [-0.2, -0.15) is 13.2 Å². The van der Waals surface area contributed by atoms with E-state index in [1.54, 1.807) is 6.92 Å². The summed E-state index contributed by atoms with van der Waals surface area (Å²) in [5, 5.41) is 2.92. The van der Waals surface area contributed by atoms with Crippen LogP contribution in [0.3, 0.4) is 0 Å². The molecule has 2 fully saturated rings. The normalized spacial score (nSPS) is 26.0. The second-order valence-corrected chi connectivity index (χ2v) is 5.24. The van der Waals surface area contributed by atoms with E-state index in [1.165, 1.54) is 0 Å². The van der Waals surface area contributed by atoms with Gasteiger partial charge < -0.3 is 15.0 Å². The highest BCUT2D eigenvalue weighted by atomic mass is 19.4. The van der Waals surface area contributed by atoms with Crippen molar-refractivity contribution in [3.63, 3.8) is 0 Å². The van der Waals surface area contributed by atoms with E-state index in [0.29, 0.717) is 13.2 Å². The number of morpholine rings is 1. The molecular weight excluding hydrogens is 261 g/mol. The van der Waals surface area contributed by atoms with Gasteiger partial charge in [0.15, 0.2) is 0 Å². The number of halogens is 3. The Hall–Kier alpha value is -0.820. The van der Waals surface area contributed by atoms with Gasteiger partial charge in [0, 0.05) is 12.6 Å². The van der Waals surface area contributed by atoms with Crippen LogP contribution >= 0.6 is 0 Å². The lowest BCUT2D eigenvalue weighted by Crippen LogP contribution is -2.56. The first-order valence-corrected chi connectivity index (χ1v) is 6.57. The summed E-state index contributed by atoms with van der Waals surface area (Å²) in [7, 11) is 0. The van der Waals surface area contributed by atoms with E-state index in [9.17, 15) is 18.0 Å². The third kappa shape index (κ3) is 4.07. The number of carbonyl (C=O) groups is 1. The van der Waals surface area contributed by atoms with Crippen LogP contribution in [0, 0.1) is 5.92 Å². The molecule has 0 aromatic heterocycles. The Bertz CT molecular complexity index is 325. The summed E-state index contributed by atoms with van der Waals surface area (Å²) in [5.74, 6) is -0.299. The molecule has 1 saturated carbocycles. The fourth-order valence-corrected chi connectivity index (χ4v) is 2.37. The van der Waals surface area contributed by atoms with Crippen molar-refractivity contribution in [3.8, 4) is 0 Å². The molecule has 1 N–H and O–H groups in total. The highest BCUT2D eigenvalue weighted by molar-refractivity contribution is 5.82. The number of nitrogens with one attached hydrogen (secondary N) is 1. The number of carbonyl (C=O) groups excluding carboxylic acids is 1. The summed E-state index contributed by atoms with van der Waals surface area (Å²) >= 11 is 0. The van der Waals surface area contributed by atoms with E-state index in [-0.39, 0.29) is 18.6 Å². The predicted octanol–water partition coefficient (Wildman–Crippen LogP) is 1.16. The molecule has 1 aliphatic carbocycles. The van der Waals surface area contributed by atoms with Crippen molar-refractivity contribution < 1.29 is 22.7 Å². The summed E-state index contributed by atoms with van der Waals surface area (Å²) in [4.78, 5) is 13.2. The Labute approximate surface area is 110 Å². The van der Waals surface area contributed by atoms with Crippen LogP contribution in [-0.4, -0.2) is 55.4 Å². The molecule has 1 saturated heterocycles. The second kappa shape index (κ2) is 5.66. The summed E-state index contributed by atoms with van der Waals surface area (Å²) < 4.78 is 43.0. The average molecular weight is 280 g/mol. The van der Waals surface area contributed by atoms with Crippen LogP contribution in [0.15, 0.2) is 0 Å². The molecule has 0 aromatic carbocycles. The molecule has 1 aliphatic heterocycles. The molecule has 0 spiro atoms. The first-order valence-electron chi connectivity index (χ1n) is 6.57. The summed E-state index contributed by atoms with van der Waals surface area (Å²) in [6.45, 7) is 1.65. The molecule has 1 heterocycles. The topological polar surface area (TPSA) is 41.6 Å². The molecule has 2 unspecified atom stereocenters. The number of amides is 1. The Morgan fingerprint density at radius 2 is 2.16 bits per heavy atom. The summed E-state index contributed by atoms with van der Waals surface area (Å²) in [6.07, 6.45) is -2.57. The van der Waals surface area contributed by atoms with Gasteiger partial charge in [-0.25, -0.2) is 0 Å². The van der Waals surface area contributed by atoms with Crippen molar-refractivity contribution in [2.45, 2.75) is 38.0 Å². The zero-order valence-corrected chi connectivity index (χ0v) is 10.9. The monoisotopic (exact) mass is 280 g/mol. The van der Waals surface area contributed by atoms with Gasteiger partial charge in [-0.15, -0.1) is 0 Å². The number of hydrogen-bond acceptors (Lipinski definition) is 3. The lowest BCUT2D eigenvalue weighted by molar-refractivity contribution is -0.168. The number of ether oxygens (including phenoxy) is 1. The standard InChI is InChI=1S/C12H19F3N2O2/c1-8(9-2-3-9)17(7-12(13,14)15)11(18)10-6-19-5-4-16-10/h8-10,16H,2-7H2,1H3. The quantitative estimate of drug-likeness (QED) is 0.840. The van der Waals surface area contributed by atoms with E-state index < -0.39 is 24.7 Å². The first-order chi connectivity index (χ1) is 8.88. The van der Waals surface area contributed by atoms with Crippen molar-refractivity contribution in [3.05, 3.63) is 0 Å². The minimum Gasteiger partial charge on any atom is -0.378 e. The highest BCUT2D eigenvalue weighted by Crippen LogP contribution is 2.36. The van der Waals surface area contributed by atoms with Crippen molar-refractivity contribution in [2.75, 3.05) is 26.3 Å². The lowest BCUT2D eigenvalue weighted by atomic mass is 10.1. The highest BCUT2D eigenvalue weighted by Gasteiger charge is 2.42. The van der Waals surface area contributed by atoms with Gasteiger partial charge in [0.05, 0.1) is 13.2 Å². The molecule has 7 heteroatoms. The lowest BCUT2D eigenvalue weighted by Gasteiger charge is -2.34. The van der Waals surface area contributed by atoms with Gasteiger partial charge in [0.1, 0.15) is 12.6 Å². The third-order valence-corrected chi connectivity index (χ3v) is 3.65. The smallest absolute Gasteiger partial charge is 0.378 e. The zero-order valence-electron chi connectivity index (χ0n) is 10.9. The summed E-state index contributed by atoms with van der Waals surface area (Å²) in [5.41, 5.74) is 0. The molecule has 19 heavy (non-hydrogen) atoms. The van der Waals surface area contributed by atoms with Crippen LogP contribution in [0.4, 0.5) is 13.2 Å². The van der Waals surface area contributed by atoms with Gasteiger partial charge >= 0.3 is 6.18 Å². The predicted molar refractivity (Wildman–Crippen MR) is 62.6 cm³/mol. The van der Waals surface area contributed by atoms with E-state index >= 15 is 0 Å². The molecule has 2 aliphatic rings. The van der Waals surface area contributed by atoms with Crippen molar-refractivity contribution in [1.82, 2.24) is 10.2 Å². The van der Waals surface area contributed by atoms with Crippen LogP contribution in [-0.2, 0) is 9.53 Å². The van der Waals surface area contributed by atoms with Crippen LogP contribution in [0.5, 0.6) is 0 Å². The van der Waals surface area contributed by atoms with Crippen molar-refractivity contribution >= 4 is 5.91 Å². The van der Waals surface area contributed by atoms with Crippen LogP contribution in [0.25, 0.3) is 0 Å². The van der Waals surface area contributed by atoms with E-state index in [1.807, 2.05) is 0 Å². The minimum atomic E-state index is -4.37. The SMILES string of the molecule is CC(C1CC1)N(CC(F)(F)F)C(=O)C1COCCN1. The van der Waals surface area contributed by atoms with Crippen LogP contribution < -0.4 is 5.32 Å². The third-order valence-electron chi connectivity index (χ3n) is 3.65. The average Bonchev–Trinajstić information content (AvgIpc) is 3.18. The fourth-order valence-electron chi connectivity index (χ4n) is 2.37. The largest absolute Gasteiger partial charge is 0.406 e. The van der Waals surface area contributed by atoms with E-state index in [4.69, 9.17) is 4.74 Å². The van der Waals surface area contributed by atoms with E-state index in [0.717, 1.165) is 17.7 Å². The molecule has 2 atom stereocenters. The molecule has 0 bridgehead atoms. The maximum Gasteiger partial charge on any atom is 0.406 e. The van der Waals surface area contributed by atoms with Crippen LogP contribution in [0.1, 0.15) is 19.8 Å². The van der Waals surface area contributed by atoms with Crippen molar-refractivity contribution in [2.24, 2.45) is 5.92 Å². The number of rotatable bonds is 4. The Balaban J connectivity index is 2.04. The molecule has 110 valence electrons. The van der Waals surface area contributed by atoms with E-state index in [2.05, 4.69) is 5.32 Å². The maximum absolute atomic E-state index is 12.6. The molecule has 0 radical (unpaired) electrons. The molecule has 0 aromatic rings. The minimum absolute atomic E-state index is 0.143. The number of alkyl halides is 3. The van der Waals surface area contributed by atoms with Gasteiger partial charge in [-0.3, -0.25) is 4.79 Å². The van der Waals surface area contributed by atoms with Gasteiger partial charge in [0.25, 0.3) is 0 Å². The Morgan fingerprint density at radius 3 is 2.63 bits per heavy atom. The fraction of sp³-hybridized carbons (Fsp3) is 0.917. The van der Waals surface area contributed by atoms with Gasteiger partial charge in [0.2, 0.25) is 5.91 Å². The number of nitrogens with zero attached hydrogens (tertiary/aromatic N) is 1. The molecule has 2 rings (SSSR count). The Kier molecular flexibility index (Phi) is 4.35. The maximum atomic E-state index is 12.6. The first kappa shape index (κ1) is 14.6. The molecular formula is C12H19F3N2O2. The van der Waals surface area contributed by atoms with Crippen molar-refractivity contribution in [1.29, 1.82) is 0 Å². The number of hydrogen-bond donors (Lipinski definition) is 1.